The largest absolute Gasteiger partial charge is 0.480 e. The summed E-state index contributed by atoms with van der Waals surface area (Å²) in [6, 6.07) is 14.7. The van der Waals surface area contributed by atoms with E-state index in [9.17, 15) is 14.4 Å². The molecular weight excluding hydrogens is 440 g/mol. The standard InChI is InChI=1S/C25H28N2O7/c28-14-21(23(30)31)26-22(29)13-25(9-11-33-12-10-25)27-24(32)34-15-20-18-7-3-1-5-16(18)17-6-2-4-8-19(17)20/h1-8,20-21,28H,9-15H2,(H,26,29)(H,27,32)(H,30,31)/t21-/m1/s1. The number of aliphatic hydroxyl groups excluding tert-OH is 1. The van der Waals surface area contributed by atoms with E-state index in [2.05, 4.69) is 22.8 Å². The Labute approximate surface area is 197 Å². The molecule has 4 rings (SSSR count). The topological polar surface area (TPSA) is 134 Å². The second-order valence-corrected chi connectivity index (χ2v) is 8.66. The zero-order chi connectivity index (χ0) is 24.1. The van der Waals surface area contributed by atoms with Crippen LogP contribution in [0, 0.1) is 0 Å². The fourth-order valence-corrected chi connectivity index (χ4v) is 4.70. The van der Waals surface area contributed by atoms with Crippen molar-refractivity contribution in [1.82, 2.24) is 10.6 Å². The van der Waals surface area contributed by atoms with Gasteiger partial charge in [-0.15, -0.1) is 0 Å². The van der Waals surface area contributed by atoms with E-state index in [4.69, 9.17) is 19.7 Å². The van der Waals surface area contributed by atoms with Gasteiger partial charge in [0.25, 0.3) is 0 Å². The van der Waals surface area contributed by atoms with Gasteiger partial charge in [-0.25, -0.2) is 9.59 Å². The molecule has 0 bridgehead atoms. The molecule has 9 nitrogen and oxygen atoms in total. The van der Waals surface area contributed by atoms with Crippen molar-refractivity contribution < 1.29 is 34.1 Å². The summed E-state index contributed by atoms with van der Waals surface area (Å²) in [7, 11) is 0. The highest BCUT2D eigenvalue weighted by Crippen LogP contribution is 2.44. The third-order valence-electron chi connectivity index (χ3n) is 6.48. The number of carbonyl (C=O) groups is 3. The molecular formula is C25H28N2O7. The van der Waals surface area contributed by atoms with Crippen molar-refractivity contribution in [2.45, 2.75) is 36.8 Å². The predicted molar refractivity (Wildman–Crippen MR) is 122 cm³/mol. The highest BCUT2D eigenvalue weighted by atomic mass is 16.5. The number of aliphatic carboxylic acids is 1. The highest BCUT2D eigenvalue weighted by molar-refractivity contribution is 5.85. The van der Waals surface area contributed by atoms with Gasteiger partial charge in [0, 0.05) is 19.1 Å². The number of carbonyl (C=O) groups excluding carboxylic acids is 2. The lowest BCUT2D eigenvalue weighted by Crippen LogP contribution is -2.56. The van der Waals surface area contributed by atoms with Crippen LogP contribution >= 0.6 is 0 Å². The van der Waals surface area contributed by atoms with Gasteiger partial charge in [0.1, 0.15) is 12.6 Å². The Morgan fingerprint density at radius 2 is 1.62 bits per heavy atom. The summed E-state index contributed by atoms with van der Waals surface area (Å²) in [6.45, 7) is 0.111. The van der Waals surface area contributed by atoms with Gasteiger partial charge in [0.05, 0.1) is 18.6 Å². The normalized spacial score (nSPS) is 17.2. The van der Waals surface area contributed by atoms with E-state index in [1.807, 2.05) is 36.4 Å². The van der Waals surface area contributed by atoms with Crippen LogP contribution in [0.1, 0.15) is 36.3 Å². The fourth-order valence-electron chi connectivity index (χ4n) is 4.70. The Bertz CT molecular complexity index is 1020. The first-order valence-electron chi connectivity index (χ1n) is 11.3. The Morgan fingerprint density at radius 1 is 1.03 bits per heavy atom. The third-order valence-corrected chi connectivity index (χ3v) is 6.48. The van der Waals surface area contributed by atoms with Crippen molar-refractivity contribution in [3.63, 3.8) is 0 Å². The van der Waals surface area contributed by atoms with E-state index in [0.29, 0.717) is 26.1 Å². The average Bonchev–Trinajstić information content (AvgIpc) is 3.15. The molecule has 2 aromatic rings. The number of aliphatic hydroxyl groups is 1. The van der Waals surface area contributed by atoms with Crippen LogP contribution < -0.4 is 10.6 Å². The summed E-state index contributed by atoms with van der Waals surface area (Å²) in [5.41, 5.74) is 3.52. The number of alkyl carbamates (subject to hydrolysis) is 1. The summed E-state index contributed by atoms with van der Waals surface area (Å²) in [6.07, 6.45) is -0.0404. The summed E-state index contributed by atoms with van der Waals surface area (Å²) >= 11 is 0. The number of benzene rings is 2. The third kappa shape index (κ3) is 5.05. The van der Waals surface area contributed by atoms with Crippen LogP contribution in [0.25, 0.3) is 11.1 Å². The molecule has 9 heteroatoms. The van der Waals surface area contributed by atoms with Gasteiger partial charge in [-0.3, -0.25) is 4.79 Å². The maximum Gasteiger partial charge on any atom is 0.407 e. The summed E-state index contributed by atoms with van der Waals surface area (Å²) in [5.74, 6) is -2.00. The average molecular weight is 469 g/mol. The molecule has 1 aliphatic heterocycles. The number of rotatable bonds is 8. The molecule has 2 aromatic carbocycles. The SMILES string of the molecule is O=C(CC1(NC(=O)OCC2c3ccccc3-c3ccccc32)CCOCC1)N[C@H](CO)C(=O)O. The molecule has 1 aliphatic carbocycles. The molecule has 2 amide bonds. The van der Waals surface area contributed by atoms with Gasteiger partial charge >= 0.3 is 12.1 Å². The van der Waals surface area contributed by atoms with Gasteiger partial charge in [0.15, 0.2) is 0 Å². The number of amides is 2. The van der Waals surface area contributed by atoms with Crippen LogP contribution in [-0.2, 0) is 19.1 Å². The van der Waals surface area contributed by atoms with Crippen molar-refractivity contribution in [2.75, 3.05) is 26.4 Å². The quantitative estimate of drug-likeness (QED) is 0.466. The van der Waals surface area contributed by atoms with Gasteiger partial charge in [-0.2, -0.15) is 0 Å². The van der Waals surface area contributed by atoms with Gasteiger partial charge < -0.3 is 30.3 Å². The number of ether oxygens (including phenoxy) is 2. The van der Waals surface area contributed by atoms with E-state index >= 15 is 0 Å². The molecule has 0 radical (unpaired) electrons. The highest BCUT2D eigenvalue weighted by Gasteiger charge is 2.38. The Hall–Kier alpha value is -3.43. The fraction of sp³-hybridized carbons (Fsp3) is 0.400. The van der Waals surface area contributed by atoms with Crippen LogP contribution in [0.15, 0.2) is 48.5 Å². The second kappa shape index (κ2) is 10.2. The number of hydrogen-bond acceptors (Lipinski definition) is 6. The van der Waals surface area contributed by atoms with Crippen LogP contribution in [0.2, 0.25) is 0 Å². The monoisotopic (exact) mass is 468 g/mol. The Kier molecular flexibility index (Phi) is 7.14. The number of carboxylic acids is 1. The lowest BCUT2D eigenvalue weighted by atomic mass is 9.86. The second-order valence-electron chi connectivity index (χ2n) is 8.66. The molecule has 4 N–H and O–H groups in total. The van der Waals surface area contributed by atoms with Gasteiger partial charge in [-0.05, 0) is 35.1 Å². The maximum atomic E-state index is 12.8. The molecule has 0 spiro atoms. The van der Waals surface area contributed by atoms with Crippen molar-refractivity contribution in [1.29, 1.82) is 0 Å². The maximum absolute atomic E-state index is 12.8. The first-order chi connectivity index (χ1) is 16.4. The summed E-state index contributed by atoms with van der Waals surface area (Å²) < 4.78 is 11.0. The minimum absolute atomic E-state index is 0.0898. The molecule has 1 fully saturated rings. The van der Waals surface area contributed by atoms with E-state index in [1.165, 1.54) is 0 Å². The number of hydrogen-bond donors (Lipinski definition) is 4. The van der Waals surface area contributed by atoms with Crippen molar-refractivity contribution in [3.05, 3.63) is 59.7 Å². The van der Waals surface area contributed by atoms with Crippen LogP contribution in [0.4, 0.5) is 4.79 Å². The predicted octanol–water partition coefficient (Wildman–Crippen LogP) is 2.03. The molecule has 180 valence electrons. The lowest BCUT2D eigenvalue weighted by molar-refractivity contribution is -0.143. The Morgan fingerprint density at radius 3 is 2.18 bits per heavy atom. The van der Waals surface area contributed by atoms with Crippen LogP contribution in [0.5, 0.6) is 0 Å². The van der Waals surface area contributed by atoms with Crippen molar-refractivity contribution in [2.24, 2.45) is 0 Å². The first-order valence-corrected chi connectivity index (χ1v) is 11.3. The van der Waals surface area contributed by atoms with E-state index in [-0.39, 0.29) is 18.9 Å². The van der Waals surface area contributed by atoms with Crippen molar-refractivity contribution in [3.8, 4) is 11.1 Å². The summed E-state index contributed by atoms with van der Waals surface area (Å²) in [4.78, 5) is 36.4. The molecule has 1 heterocycles. The molecule has 34 heavy (non-hydrogen) atoms. The zero-order valence-corrected chi connectivity index (χ0v) is 18.7. The minimum atomic E-state index is -1.40. The van der Waals surface area contributed by atoms with E-state index < -0.39 is 36.2 Å². The van der Waals surface area contributed by atoms with Gasteiger partial charge in [-0.1, -0.05) is 48.5 Å². The van der Waals surface area contributed by atoms with Crippen LogP contribution in [-0.4, -0.2) is 66.2 Å². The smallest absolute Gasteiger partial charge is 0.407 e. The van der Waals surface area contributed by atoms with E-state index in [1.54, 1.807) is 0 Å². The molecule has 1 atom stereocenters. The minimum Gasteiger partial charge on any atom is -0.480 e. The van der Waals surface area contributed by atoms with Crippen molar-refractivity contribution >= 4 is 18.0 Å². The first kappa shape index (κ1) is 23.7. The summed E-state index contributed by atoms with van der Waals surface area (Å²) in [5, 5.41) is 23.4. The molecule has 0 unspecified atom stereocenters. The number of nitrogens with one attached hydrogen (secondary N) is 2. The van der Waals surface area contributed by atoms with E-state index in [0.717, 1.165) is 22.3 Å². The number of carboxylic acid groups (broad SMARTS) is 1. The zero-order valence-electron chi connectivity index (χ0n) is 18.7. The molecule has 1 saturated heterocycles. The lowest BCUT2D eigenvalue weighted by Gasteiger charge is -2.37. The van der Waals surface area contributed by atoms with Gasteiger partial charge in [0.2, 0.25) is 5.91 Å². The molecule has 0 saturated carbocycles. The Balaban J connectivity index is 1.42. The van der Waals surface area contributed by atoms with Crippen LogP contribution in [0.3, 0.4) is 0 Å². The number of fused-ring (bicyclic) bond motifs is 3. The molecule has 2 aliphatic rings. The molecule has 0 aromatic heterocycles.